The van der Waals surface area contributed by atoms with Crippen LogP contribution in [0, 0.1) is 0 Å². The minimum Gasteiger partial charge on any atom is -0.493 e. The van der Waals surface area contributed by atoms with Gasteiger partial charge in [-0.3, -0.25) is 18.8 Å². The van der Waals surface area contributed by atoms with Crippen LogP contribution < -0.4 is 15.0 Å². The maximum atomic E-state index is 13.4. The number of amides is 1. The lowest BCUT2D eigenvalue weighted by atomic mass is 10.0. The van der Waals surface area contributed by atoms with Gasteiger partial charge < -0.3 is 14.4 Å². The molecule has 0 N–H and O–H groups in total. The van der Waals surface area contributed by atoms with Crippen LogP contribution in [0.25, 0.3) is 16.6 Å². The highest BCUT2D eigenvalue weighted by atomic mass is 16.5. The third kappa shape index (κ3) is 3.35. The van der Waals surface area contributed by atoms with E-state index < -0.39 is 0 Å². The van der Waals surface area contributed by atoms with Gasteiger partial charge in [-0.2, -0.15) is 5.10 Å². The highest BCUT2D eigenvalue weighted by Crippen LogP contribution is 2.33. The predicted octanol–water partition coefficient (Wildman–Crippen LogP) is 2.37. The van der Waals surface area contributed by atoms with E-state index >= 15 is 0 Å². The van der Waals surface area contributed by atoms with Crippen molar-refractivity contribution in [2.24, 2.45) is 7.05 Å². The van der Waals surface area contributed by atoms with Gasteiger partial charge in [0.15, 0.2) is 17.3 Å². The zero-order valence-corrected chi connectivity index (χ0v) is 16.8. The number of carbonyl (C=O) groups excluding carboxylic acids is 1. The molecule has 2 aromatic heterocycles. The van der Waals surface area contributed by atoms with Gasteiger partial charge in [0.25, 0.3) is 11.5 Å². The van der Waals surface area contributed by atoms with Crippen molar-refractivity contribution >= 4 is 16.7 Å². The average Bonchev–Trinajstić information content (AvgIpc) is 3.19. The molecule has 1 amide bonds. The van der Waals surface area contributed by atoms with Crippen molar-refractivity contribution in [3.8, 4) is 17.3 Å². The number of piperidine rings is 1. The molecular weight excluding hydrogens is 372 g/mol. The molecule has 1 fully saturated rings. The molecule has 0 radical (unpaired) electrons. The maximum absolute atomic E-state index is 13.4. The average molecular weight is 396 g/mol. The number of pyridine rings is 1. The molecule has 8 nitrogen and oxygen atoms in total. The number of nitrogens with zero attached hydrogens (tertiary/aromatic N) is 4. The van der Waals surface area contributed by atoms with Gasteiger partial charge in [0.2, 0.25) is 0 Å². The Morgan fingerprint density at radius 1 is 1.03 bits per heavy atom. The highest BCUT2D eigenvalue weighted by Gasteiger charge is 2.24. The molecule has 8 heteroatoms. The topological polar surface area (TPSA) is 78.6 Å². The van der Waals surface area contributed by atoms with E-state index in [0.29, 0.717) is 33.7 Å². The lowest BCUT2D eigenvalue weighted by Gasteiger charge is -2.27. The van der Waals surface area contributed by atoms with Gasteiger partial charge >= 0.3 is 0 Å². The minimum atomic E-state index is -0.269. The fraction of sp³-hybridized carbons (Fsp3) is 0.381. The first-order valence-corrected chi connectivity index (χ1v) is 9.64. The second-order valence-corrected chi connectivity index (χ2v) is 7.17. The molecule has 0 aliphatic carbocycles. The first-order chi connectivity index (χ1) is 14.0. The molecule has 0 bridgehead atoms. The van der Waals surface area contributed by atoms with Crippen molar-refractivity contribution < 1.29 is 14.3 Å². The number of hydrogen-bond donors (Lipinski definition) is 0. The van der Waals surface area contributed by atoms with Gasteiger partial charge in [-0.25, -0.2) is 0 Å². The van der Waals surface area contributed by atoms with Crippen molar-refractivity contribution in [3.63, 3.8) is 0 Å². The molecule has 0 spiro atoms. The Balaban J connectivity index is 1.99. The summed E-state index contributed by atoms with van der Waals surface area (Å²) in [6.45, 7) is 1.44. The quantitative estimate of drug-likeness (QED) is 0.677. The summed E-state index contributed by atoms with van der Waals surface area (Å²) < 4.78 is 13.8. The molecule has 4 rings (SSSR count). The van der Waals surface area contributed by atoms with Gasteiger partial charge in [0, 0.05) is 44.0 Å². The monoisotopic (exact) mass is 396 g/mol. The molecule has 152 valence electrons. The van der Waals surface area contributed by atoms with E-state index in [4.69, 9.17) is 9.47 Å². The molecule has 1 aliphatic heterocycles. The number of aromatic nitrogens is 3. The number of benzene rings is 1. The Hall–Kier alpha value is -3.29. The summed E-state index contributed by atoms with van der Waals surface area (Å²) in [6, 6.07) is 5.07. The summed E-state index contributed by atoms with van der Waals surface area (Å²) in [4.78, 5) is 28.5. The van der Waals surface area contributed by atoms with Gasteiger partial charge in [0.1, 0.15) is 0 Å². The van der Waals surface area contributed by atoms with Gasteiger partial charge in [-0.1, -0.05) is 0 Å². The fourth-order valence-electron chi connectivity index (χ4n) is 3.81. The van der Waals surface area contributed by atoms with Crippen LogP contribution in [0.5, 0.6) is 11.5 Å². The van der Waals surface area contributed by atoms with Gasteiger partial charge in [-0.15, -0.1) is 0 Å². The minimum absolute atomic E-state index is 0.0911. The molecule has 1 aliphatic rings. The van der Waals surface area contributed by atoms with Crippen LogP contribution in [0.4, 0.5) is 0 Å². The predicted molar refractivity (Wildman–Crippen MR) is 109 cm³/mol. The number of carbonyl (C=O) groups is 1. The number of ether oxygens (including phenoxy) is 2. The van der Waals surface area contributed by atoms with Crippen molar-refractivity contribution in [1.82, 2.24) is 19.2 Å². The first kappa shape index (κ1) is 19.0. The molecule has 0 atom stereocenters. The van der Waals surface area contributed by atoms with E-state index in [2.05, 4.69) is 5.10 Å². The van der Waals surface area contributed by atoms with E-state index in [1.165, 1.54) is 18.8 Å². The summed E-state index contributed by atoms with van der Waals surface area (Å²) in [7, 11) is 4.83. The summed E-state index contributed by atoms with van der Waals surface area (Å²) in [5, 5.41) is 5.27. The molecular formula is C21H24N4O4. The normalized spacial score (nSPS) is 14.2. The van der Waals surface area contributed by atoms with E-state index in [-0.39, 0.29) is 11.5 Å². The SMILES string of the molecule is COc1cc2c(C(=O)N3CCCCC3)cn(-c3ccn(C)n3)c(=O)c2cc1OC. The van der Waals surface area contributed by atoms with Crippen molar-refractivity contribution in [1.29, 1.82) is 0 Å². The third-order valence-electron chi connectivity index (χ3n) is 5.34. The zero-order chi connectivity index (χ0) is 20.5. The van der Waals surface area contributed by atoms with Crippen molar-refractivity contribution in [2.45, 2.75) is 19.3 Å². The Kier molecular flexibility index (Phi) is 5.00. The lowest BCUT2D eigenvalue weighted by molar-refractivity contribution is 0.0725. The molecule has 3 aromatic rings. The standard InChI is InChI=1S/C21H24N4O4/c1-23-10-7-19(22-23)25-13-16(20(26)24-8-5-4-6-9-24)14-11-17(28-2)18(29-3)12-15(14)21(25)27/h7,10-13H,4-6,8-9H2,1-3H3. The summed E-state index contributed by atoms with van der Waals surface area (Å²) in [5.41, 5.74) is 0.183. The van der Waals surface area contributed by atoms with Crippen LogP contribution in [-0.4, -0.2) is 52.5 Å². The van der Waals surface area contributed by atoms with E-state index in [9.17, 15) is 9.59 Å². The highest BCUT2D eigenvalue weighted by molar-refractivity contribution is 6.07. The number of fused-ring (bicyclic) bond motifs is 1. The van der Waals surface area contributed by atoms with Crippen LogP contribution in [0.2, 0.25) is 0 Å². The second kappa shape index (κ2) is 7.62. The molecule has 0 saturated carbocycles. The lowest BCUT2D eigenvalue weighted by Crippen LogP contribution is -2.36. The third-order valence-corrected chi connectivity index (χ3v) is 5.34. The van der Waals surface area contributed by atoms with Crippen LogP contribution >= 0.6 is 0 Å². The van der Waals surface area contributed by atoms with Gasteiger partial charge in [-0.05, 0) is 31.4 Å². The summed E-state index contributed by atoms with van der Waals surface area (Å²) in [6.07, 6.45) is 6.45. The van der Waals surface area contributed by atoms with Crippen LogP contribution in [0.1, 0.15) is 29.6 Å². The van der Waals surface area contributed by atoms with Crippen LogP contribution in [0.15, 0.2) is 35.4 Å². The van der Waals surface area contributed by atoms with Crippen LogP contribution in [0.3, 0.4) is 0 Å². The molecule has 29 heavy (non-hydrogen) atoms. The van der Waals surface area contributed by atoms with E-state index in [1.54, 1.807) is 42.3 Å². The number of aryl methyl sites for hydroxylation is 1. The summed E-state index contributed by atoms with van der Waals surface area (Å²) >= 11 is 0. The van der Waals surface area contributed by atoms with Crippen molar-refractivity contribution in [3.05, 3.63) is 46.5 Å². The number of likely N-dealkylation sites (tertiary alicyclic amines) is 1. The Morgan fingerprint density at radius 2 is 1.69 bits per heavy atom. The first-order valence-electron chi connectivity index (χ1n) is 9.64. The van der Waals surface area contributed by atoms with E-state index in [1.807, 2.05) is 4.90 Å². The number of rotatable bonds is 4. The van der Waals surface area contributed by atoms with E-state index in [0.717, 1.165) is 32.4 Å². The smallest absolute Gasteiger partial charge is 0.264 e. The zero-order valence-electron chi connectivity index (χ0n) is 16.8. The van der Waals surface area contributed by atoms with Crippen LogP contribution in [-0.2, 0) is 7.05 Å². The molecule has 1 saturated heterocycles. The Morgan fingerprint density at radius 3 is 2.28 bits per heavy atom. The maximum Gasteiger partial charge on any atom is 0.264 e. The van der Waals surface area contributed by atoms with Crippen molar-refractivity contribution in [2.75, 3.05) is 27.3 Å². The Labute approximate surface area is 168 Å². The number of methoxy groups -OCH3 is 2. The Bertz CT molecular complexity index is 1130. The molecule has 3 heterocycles. The fourth-order valence-corrected chi connectivity index (χ4v) is 3.81. The number of hydrogen-bond acceptors (Lipinski definition) is 5. The largest absolute Gasteiger partial charge is 0.493 e. The summed E-state index contributed by atoms with van der Waals surface area (Å²) in [5.74, 6) is 1.28. The molecule has 0 unspecified atom stereocenters. The van der Waals surface area contributed by atoms with Gasteiger partial charge in [0.05, 0.1) is 25.2 Å². The molecule has 1 aromatic carbocycles. The second-order valence-electron chi connectivity index (χ2n) is 7.17.